The molecule has 0 aliphatic carbocycles. The average molecular weight is 312 g/mol. The molecule has 6 heteroatoms. The summed E-state index contributed by atoms with van der Waals surface area (Å²) in [4.78, 5) is 12.0. The number of nitrogens with one attached hydrogen (secondary N) is 1. The smallest absolute Gasteiger partial charge is 0.224 e. The molecule has 108 valence electrons. The number of nitrogens with two attached hydrogens (primary N) is 1. The van der Waals surface area contributed by atoms with Crippen LogP contribution in [0.3, 0.4) is 0 Å². The number of anilines is 1. The van der Waals surface area contributed by atoms with Crippen LogP contribution in [-0.4, -0.2) is 22.4 Å². The van der Waals surface area contributed by atoms with Gasteiger partial charge in [-0.05, 0) is 48.5 Å². The maximum atomic E-state index is 13.4. The van der Waals surface area contributed by atoms with Crippen LogP contribution in [0.1, 0.15) is 24.8 Å². The van der Waals surface area contributed by atoms with Gasteiger partial charge < -0.3 is 11.1 Å². The van der Waals surface area contributed by atoms with Crippen molar-refractivity contribution in [1.29, 1.82) is 0 Å². The zero-order valence-corrected chi connectivity index (χ0v) is 12.7. The number of benzene rings is 1. The number of thiocarbonyl (C=S) groups is 1. The summed E-state index contributed by atoms with van der Waals surface area (Å²) < 4.78 is 13.4. The summed E-state index contributed by atoms with van der Waals surface area (Å²) in [5, 5.41) is 2.78. The van der Waals surface area contributed by atoms with E-state index < -0.39 is 5.82 Å². The van der Waals surface area contributed by atoms with E-state index in [0.717, 1.165) is 24.3 Å². The van der Waals surface area contributed by atoms with Crippen molar-refractivity contribution in [3.05, 3.63) is 29.6 Å². The Morgan fingerprint density at radius 2 is 2.15 bits per heavy atom. The fraction of sp³-hybridized carbons (Fsp3) is 0.429. The third-order valence-electron chi connectivity index (χ3n) is 3.33. The van der Waals surface area contributed by atoms with Crippen LogP contribution in [0, 0.1) is 11.7 Å². The maximum absolute atomic E-state index is 13.4. The van der Waals surface area contributed by atoms with Crippen LogP contribution in [-0.2, 0) is 4.79 Å². The van der Waals surface area contributed by atoms with Crippen molar-refractivity contribution in [2.24, 2.45) is 11.7 Å². The lowest BCUT2D eigenvalue weighted by Gasteiger charge is -2.20. The first-order chi connectivity index (χ1) is 9.56. The fourth-order valence-electron chi connectivity index (χ4n) is 2.22. The molecule has 1 fully saturated rings. The Morgan fingerprint density at radius 1 is 1.45 bits per heavy atom. The molecule has 1 aliphatic heterocycles. The highest BCUT2D eigenvalue weighted by molar-refractivity contribution is 7.99. The highest BCUT2D eigenvalue weighted by Gasteiger charge is 2.17. The largest absolute Gasteiger partial charge is 0.389 e. The van der Waals surface area contributed by atoms with Gasteiger partial charge in [0.05, 0.1) is 0 Å². The molecular formula is C14H17FN2OS2. The molecule has 0 unspecified atom stereocenters. The van der Waals surface area contributed by atoms with Crippen molar-refractivity contribution < 1.29 is 9.18 Å². The van der Waals surface area contributed by atoms with Crippen molar-refractivity contribution in [1.82, 2.24) is 0 Å². The molecule has 20 heavy (non-hydrogen) atoms. The van der Waals surface area contributed by atoms with Gasteiger partial charge in [0, 0.05) is 17.7 Å². The molecule has 0 atom stereocenters. The number of halogens is 1. The zero-order chi connectivity index (χ0) is 14.5. The molecule has 0 saturated carbocycles. The predicted molar refractivity (Wildman–Crippen MR) is 85.6 cm³/mol. The molecule has 0 radical (unpaired) electrons. The molecule has 1 saturated heterocycles. The molecule has 0 bridgehead atoms. The molecule has 2 rings (SSSR count). The highest BCUT2D eigenvalue weighted by Crippen LogP contribution is 2.25. The van der Waals surface area contributed by atoms with Gasteiger partial charge in [0.15, 0.2) is 0 Å². The van der Waals surface area contributed by atoms with Gasteiger partial charge in [0.25, 0.3) is 0 Å². The summed E-state index contributed by atoms with van der Waals surface area (Å²) in [7, 11) is 0. The van der Waals surface area contributed by atoms with E-state index in [1.54, 1.807) is 0 Å². The molecule has 3 nitrogen and oxygen atoms in total. The second-order valence-electron chi connectivity index (χ2n) is 4.87. The van der Waals surface area contributed by atoms with Gasteiger partial charge in [0.1, 0.15) is 10.8 Å². The SMILES string of the molecule is NC(=S)c1cc(NC(=O)CC2CCSCC2)ccc1F. The minimum absolute atomic E-state index is 0.0112. The predicted octanol–water partition coefficient (Wildman–Crippen LogP) is 2.93. The van der Waals surface area contributed by atoms with Crippen molar-refractivity contribution in [3.63, 3.8) is 0 Å². The fourth-order valence-corrected chi connectivity index (χ4v) is 3.58. The summed E-state index contributed by atoms with van der Waals surface area (Å²) in [5.41, 5.74) is 6.13. The van der Waals surface area contributed by atoms with Crippen LogP contribution in [0.15, 0.2) is 18.2 Å². The first-order valence-corrected chi connectivity index (χ1v) is 8.09. The molecule has 1 aromatic rings. The Morgan fingerprint density at radius 3 is 2.80 bits per heavy atom. The molecule has 0 spiro atoms. The van der Waals surface area contributed by atoms with Gasteiger partial charge in [-0.2, -0.15) is 11.8 Å². The van der Waals surface area contributed by atoms with E-state index in [2.05, 4.69) is 5.32 Å². The third-order valence-corrected chi connectivity index (χ3v) is 4.60. The van der Waals surface area contributed by atoms with Crippen molar-refractivity contribution >= 4 is 40.6 Å². The molecule has 0 aromatic heterocycles. The lowest BCUT2D eigenvalue weighted by Crippen LogP contribution is -2.20. The molecular weight excluding hydrogens is 295 g/mol. The Labute approximate surface area is 127 Å². The van der Waals surface area contributed by atoms with E-state index in [0.29, 0.717) is 18.0 Å². The Hall–Kier alpha value is -1.14. The van der Waals surface area contributed by atoms with Crippen molar-refractivity contribution in [2.75, 3.05) is 16.8 Å². The normalized spacial score (nSPS) is 15.8. The van der Waals surface area contributed by atoms with Crippen molar-refractivity contribution in [2.45, 2.75) is 19.3 Å². The summed E-state index contributed by atoms with van der Waals surface area (Å²) in [6.07, 6.45) is 2.68. The molecule has 1 heterocycles. The van der Waals surface area contributed by atoms with Gasteiger partial charge in [-0.1, -0.05) is 12.2 Å². The summed E-state index contributed by atoms with van der Waals surface area (Å²) in [6.45, 7) is 0. The molecule has 3 N–H and O–H groups in total. The van der Waals surface area contributed by atoms with Crippen LogP contribution in [0.25, 0.3) is 0 Å². The van der Waals surface area contributed by atoms with E-state index in [-0.39, 0.29) is 16.5 Å². The van der Waals surface area contributed by atoms with E-state index in [1.165, 1.54) is 18.2 Å². The first-order valence-electron chi connectivity index (χ1n) is 6.53. The van der Waals surface area contributed by atoms with Gasteiger partial charge >= 0.3 is 0 Å². The monoisotopic (exact) mass is 312 g/mol. The third kappa shape index (κ3) is 4.18. The number of thioether (sulfide) groups is 1. The van der Waals surface area contributed by atoms with Crippen LogP contribution in [0.5, 0.6) is 0 Å². The summed E-state index contributed by atoms with van der Waals surface area (Å²) in [6, 6.07) is 4.26. The van der Waals surface area contributed by atoms with E-state index in [4.69, 9.17) is 18.0 Å². The van der Waals surface area contributed by atoms with Crippen LogP contribution < -0.4 is 11.1 Å². The Kier molecular flexibility index (Phi) is 5.37. The van der Waals surface area contributed by atoms with Crippen molar-refractivity contribution in [3.8, 4) is 0 Å². The zero-order valence-electron chi connectivity index (χ0n) is 11.0. The van der Waals surface area contributed by atoms with E-state index >= 15 is 0 Å². The Balaban J connectivity index is 1.96. The summed E-state index contributed by atoms with van der Waals surface area (Å²) in [5.74, 6) is 2.19. The Bertz CT molecular complexity index is 516. The number of rotatable bonds is 4. The van der Waals surface area contributed by atoms with Gasteiger partial charge in [-0.25, -0.2) is 4.39 Å². The molecule has 1 aromatic carbocycles. The lowest BCUT2D eigenvalue weighted by molar-refractivity contribution is -0.117. The van der Waals surface area contributed by atoms with E-state index in [1.807, 2.05) is 11.8 Å². The molecule has 1 amide bonds. The topological polar surface area (TPSA) is 55.1 Å². The number of carbonyl (C=O) groups excluding carboxylic acids is 1. The van der Waals surface area contributed by atoms with Gasteiger partial charge in [-0.15, -0.1) is 0 Å². The van der Waals surface area contributed by atoms with Gasteiger partial charge in [-0.3, -0.25) is 4.79 Å². The second kappa shape index (κ2) is 7.04. The standard InChI is InChI=1S/C14H17FN2OS2/c15-12-2-1-10(8-11(12)14(16)19)17-13(18)7-9-3-5-20-6-4-9/h1-2,8-9H,3-7H2,(H2,16,19)(H,17,18). The average Bonchev–Trinajstić information content (AvgIpc) is 2.41. The number of amides is 1. The quantitative estimate of drug-likeness (QED) is 0.839. The van der Waals surface area contributed by atoms with Crippen LogP contribution in [0.2, 0.25) is 0 Å². The minimum Gasteiger partial charge on any atom is -0.389 e. The minimum atomic E-state index is -0.472. The maximum Gasteiger partial charge on any atom is 0.224 e. The van der Waals surface area contributed by atoms with E-state index in [9.17, 15) is 9.18 Å². The lowest BCUT2D eigenvalue weighted by atomic mass is 9.98. The van der Waals surface area contributed by atoms with Crippen LogP contribution in [0.4, 0.5) is 10.1 Å². The summed E-state index contributed by atoms with van der Waals surface area (Å²) >= 11 is 6.71. The number of hydrogen-bond donors (Lipinski definition) is 2. The number of hydrogen-bond acceptors (Lipinski definition) is 3. The first kappa shape index (κ1) is 15.3. The molecule has 1 aliphatic rings. The second-order valence-corrected chi connectivity index (χ2v) is 6.53. The van der Waals surface area contributed by atoms with Crippen LogP contribution >= 0.6 is 24.0 Å². The number of carbonyl (C=O) groups is 1. The highest BCUT2D eigenvalue weighted by atomic mass is 32.2. The van der Waals surface area contributed by atoms with Gasteiger partial charge in [0.2, 0.25) is 5.91 Å².